The van der Waals surface area contributed by atoms with Gasteiger partial charge < -0.3 is 20.1 Å². The average molecular weight is 218 g/mol. The van der Waals surface area contributed by atoms with Crippen LogP contribution in [0, 0.1) is 0 Å². The summed E-state index contributed by atoms with van der Waals surface area (Å²) in [6.45, 7) is 2.09. The molecule has 1 atom stereocenters. The fourth-order valence-electron chi connectivity index (χ4n) is 1.14. The number of likely N-dealkylation sites (N-methyl/N-ethyl adjacent to an activating group) is 1. The van der Waals surface area contributed by atoms with E-state index in [0.717, 1.165) is 0 Å². The molecule has 1 unspecified atom stereocenters. The van der Waals surface area contributed by atoms with Crippen molar-refractivity contribution in [1.82, 2.24) is 10.2 Å². The molecule has 0 radical (unpaired) electrons. The van der Waals surface area contributed by atoms with Crippen LogP contribution in [0.5, 0.6) is 0 Å². The Bertz CT molecular complexity index is 220. The first-order chi connectivity index (χ1) is 7.01. The fraction of sp³-hybridized carbons (Fsp3) is 0.778. The molecule has 0 bridgehead atoms. The van der Waals surface area contributed by atoms with Crippen LogP contribution >= 0.6 is 0 Å². The number of aliphatic hydroxyl groups is 1. The molecule has 0 heterocycles. The Morgan fingerprint density at radius 2 is 2.13 bits per heavy atom. The Balaban J connectivity index is 4.23. The van der Waals surface area contributed by atoms with E-state index in [2.05, 4.69) is 10.1 Å². The first-order valence-electron chi connectivity index (χ1n) is 4.65. The van der Waals surface area contributed by atoms with E-state index < -0.39 is 12.0 Å². The molecule has 15 heavy (non-hydrogen) atoms. The highest BCUT2D eigenvalue weighted by atomic mass is 16.5. The molecule has 6 heteroatoms. The molecular weight excluding hydrogens is 200 g/mol. The Labute approximate surface area is 89.2 Å². The van der Waals surface area contributed by atoms with Crippen molar-refractivity contribution in [2.24, 2.45) is 0 Å². The number of carbonyl (C=O) groups excluding carboxylic acids is 2. The first kappa shape index (κ1) is 13.9. The molecule has 0 aromatic heterocycles. The molecule has 0 saturated carbocycles. The van der Waals surface area contributed by atoms with E-state index in [9.17, 15) is 9.59 Å². The fourth-order valence-corrected chi connectivity index (χ4v) is 1.14. The van der Waals surface area contributed by atoms with Crippen LogP contribution in [-0.2, 0) is 14.3 Å². The molecule has 0 aromatic rings. The molecule has 0 fully saturated rings. The van der Waals surface area contributed by atoms with Gasteiger partial charge in [0.15, 0.2) is 0 Å². The number of esters is 1. The highest BCUT2D eigenvalue weighted by molar-refractivity contribution is 5.83. The topological polar surface area (TPSA) is 78.9 Å². The van der Waals surface area contributed by atoms with Gasteiger partial charge in [0.05, 0.1) is 13.7 Å². The van der Waals surface area contributed by atoms with Gasteiger partial charge in [-0.15, -0.1) is 0 Å². The zero-order chi connectivity index (χ0) is 11.8. The standard InChI is InChI=1S/C9H18N2O4/c1-7(13)10-8(9(14)15-3)6-11(2)4-5-12/h8,12H,4-6H2,1-3H3,(H,10,13). The van der Waals surface area contributed by atoms with Crippen molar-refractivity contribution >= 4 is 11.9 Å². The van der Waals surface area contributed by atoms with Crippen LogP contribution in [0.25, 0.3) is 0 Å². The normalized spacial score (nSPS) is 12.3. The summed E-state index contributed by atoms with van der Waals surface area (Å²) in [5, 5.41) is 11.2. The number of carbonyl (C=O) groups is 2. The second kappa shape index (κ2) is 7.19. The van der Waals surface area contributed by atoms with E-state index in [1.807, 2.05) is 0 Å². The number of ether oxygens (including phenoxy) is 1. The Hall–Kier alpha value is -1.14. The number of amides is 1. The van der Waals surface area contributed by atoms with Crippen LogP contribution in [-0.4, -0.2) is 61.8 Å². The van der Waals surface area contributed by atoms with Crippen molar-refractivity contribution in [1.29, 1.82) is 0 Å². The van der Waals surface area contributed by atoms with Crippen LogP contribution in [0.2, 0.25) is 0 Å². The third-order valence-corrected chi connectivity index (χ3v) is 1.84. The lowest BCUT2D eigenvalue weighted by Crippen LogP contribution is -2.48. The highest BCUT2D eigenvalue weighted by Gasteiger charge is 2.21. The van der Waals surface area contributed by atoms with E-state index in [1.165, 1.54) is 14.0 Å². The minimum absolute atomic E-state index is 0.00443. The summed E-state index contributed by atoms with van der Waals surface area (Å²) in [4.78, 5) is 23.8. The van der Waals surface area contributed by atoms with Crippen LogP contribution in [0.1, 0.15) is 6.92 Å². The summed E-state index contributed by atoms with van der Waals surface area (Å²) in [5.41, 5.74) is 0. The van der Waals surface area contributed by atoms with E-state index >= 15 is 0 Å². The lowest BCUT2D eigenvalue weighted by atomic mass is 10.2. The zero-order valence-electron chi connectivity index (χ0n) is 9.32. The van der Waals surface area contributed by atoms with Crippen molar-refractivity contribution in [3.8, 4) is 0 Å². The molecule has 0 rings (SSSR count). The number of rotatable bonds is 6. The average Bonchev–Trinajstić information content (AvgIpc) is 2.15. The van der Waals surface area contributed by atoms with Gasteiger partial charge in [-0.1, -0.05) is 0 Å². The lowest BCUT2D eigenvalue weighted by molar-refractivity contribution is -0.145. The van der Waals surface area contributed by atoms with Crippen LogP contribution < -0.4 is 5.32 Å². The second-order valence-corrected chi connectivity index (χ2v) is 3.26. The van der Waals surface area contributed by atoms with Gasteiger partial charge in [-0.2, -0.15) is 0 Å². The van der Waals surface area contributed by atoms with E-state index in [4.69, 9.17) is 5.11 Å². The van der Waals surface area contributed by atoms with Gasteiger partial charge in [-0.25, -0.2) is 4.79 Å². The quantitative estimate of drug-likeness (QED) is 0.535. The molecule has 0 aliphatic heterocycles. The van der Waals surface area contributed by atoms with Gasteiger partial charge in [0.2, 0.25) is 5.91 Å². The van der Waals surface area contributed by atoms with Crippen LogP contribution in [0.15, 0.2) is 0 Å². The molecular formula is C9H18N2O4. The molecule has 0 aliphatic carbocycles. The predicted octanol–water partition coefficient (Wildman–Crippen LogP) is -1.41. The van der Waals surface area contributed by atoms with Crippen molar-refractivity contribution in [3.63, 3.8) is 0 Å². The lowest BCUT2D eigenvalue weighted by Gasteiger charge is -2.21. The molecule has 88 valence electrons. The Morgan fingerprint density at radius 3 is 2.53 bits per heavy atom. The first-order valence-corrected chi connectivity index (χ1v) is 4.65. The maximum Gasteiger partial charge on any atom is 0.329 e. The number of hydrogen-bond acceptors (Lipinski definition) is 5. The number of methoxy groups -OCH3 is 1. The Morgan fingerprint density at radius 1 is 1.53 bits per heavy atom. The van der Waals surface area contributed by atoms with Gasteiger partial charge in [-0.05, 0) is 7.05 Å². The van der Waals surface area contributed by atoms with Gasteiger partial charge in [0.25, 0.3) is 0 Å². The maximum absolute atomic E-state index is 11.3. The van der Waals surface area contributed by atoms with Crippen molar-refractivity contribution in [3.05, 3.63) is 0 Å². The van der Waals surface area contributed by atoms with Crippen molar-refractivity contribution in [2.75, 3.05) is 33.9 Å². The third kappa shape index (κ3) is 6.03. The van der Waals surface area contributed by atoms with E-state index in [1.54, 1.807) is 11.9 Å². The van der Waals surface area contributed by atoms with Gasteiger partial charge >= 0.3 is 5.97 Å². The minimum atomic E-state index is -0.691. The smallest absolute Gasteiger partial charge is 0.329 e. The van der Waals surface area contributed by atoms with Gasteiger partial charge in [0, 0.05) is 20.0 Å². The van der Waals surface area contributed by atoms with Gasteiger partial charge in [0.1, 0.15) is 6.04 Å². The highest BCUT2D eigenvalue weighted by Crippen LogP contribution is 1.92. The number of hydrogen-bond donors (Lipinski definition) is 2. The summed E-state index contributed by atoms with van der Waals surface area (Å²) in [5.74, 6) is -0.780. The van der Waals surface area contributed by atoms with Crippen LogP contribution in [0.4, 0.5) is 0 Å². The SMILES string of the molecule is COC(=O)C(CN(C)CCO)NC(C)=O. The summed E-state index contributed by atoms with van der Waals surface area (Å²) in [6.07, 6.45) is 0. The predicted molar refractivity (Wildman–Crippen MR) is 54.2 cm³/mol. The van der Waals surface area contributed by atoms with Crippen LogP contribution in [0.3, 0.4) is 0 Å². The molecule has 0 aliphatic rings. The summed E-state index contributed by atoms with van der Waals surface area (Å²) in [6, 6.07) is -0.691. The maximum atomic E-state index is 11.3. The number of aliphatic hydroxyl groups excluding tert-OH is 1. The largest absolute Gasteiger partial charge is 0.467 e. The Kier molecular flexibility index (Phi) is 6.64. The molecule has 1 amide bonds. The molecule has 0 spiro atoms. The molecule has 0 saturated heterocycles. The number of nitrogens with zero attached hydrogens (tertiary/aromatic N) is 1. The number of nitrogens with one attached hydrogen (secondary N) is 1. The molecule has 2 N–H and O–H groups in total. The van der Waals surface area contributed by atoms with E-state index in [-0.39, 0.29) is 12.5 Å². The minimum Gasteiger partial charge on any atom is -0.467 e. The van der Waals surface area contributed by atoms with Crippen molar-refractivity contribution < 1.29 is 19.4 Å². The monoisotopic (exact) mass is 218 g/mol. The van der Waals surface area contributed by atoms with Gasteiger partial charge in [-0.3, -0.25) is 4.79 Å². The molecule has 6 nitrogen and oxygen atoms in total. The summed E-state index contributed by atoms with van der Waals surface area (Å²) >= 11 is 0. The molecule has 0 aromatic carbocycles. The van der Waals surface area contributed by atoms with Crippen molar-refractivity contribution in [2.45, 2.75) is 13.0 Å². The van der Waals surface area contributed by atoms with E-state index in [0.29, 0.717) is 13.1 Å². The third-order valence-electron chi connectivity index (χ3n) is 1.84. The summed E-state index contributed by atoms with van der Waals surface area (Å²) in [7, 11) is 3.01. The zero-order valence-corrected chi connectivity index (χ0v) is 9.32. The second-order valence-electron chi connectivity index (χ2n) is 3.26. The summed E-state index contributed by atoms with van der Waals surface area (Å²) < 4.78 is 4.55.